The van der Waals surface area contributed by atoms with Gasteiger partial charge in [0.2, 0.25) is 0 Å². The Labute approximate surface area is 266 Å². The minimum absolute atomic E-state index is 0.0447. The fraction of sp³-hybridized carbons (Fsp3) is 0.921. The molecule has 0 radical (unpaired) electrons. The molecule has 0 aliphatic carbocycles. The van der Waals surface area contributed by atoms with E-state index in [9.17, 15) is 15.0 Å². The third-order valence-electron chi connectivity index (χ3n) is 9.73. The summed E-state index contributed by atoms with van der Waals surface area (Å²) in [7, 11) is 0. The molecular weight excluding hydrogens is 536 g/mol. The lowest BCUT2D eigenvalue weighted by molar-refractivity contribution is -0.139. The lowest BCUT2D eigenvalue weighted by atomic mass is 10.00. The molecule has 0 saturated carbocycles. The highest BCUT2D eigenvalue weighted by atomic mass is 16.5. The monoisotopic (exact) mass is 607 g/mol. The Morgan fingerprint density at radius 3 is 1.37 bits per heavy atom. The minimum atomic E-state index is -0.390. The van der Waals surface area contributed by atoms with Crippen molar-refractivity contribution in [3.05, 3.63) is 11.6 Å². The number of esters is 1. The lowest BCUT2D eigenvalue weighted by Gasteiger charge is -2.22. The van der Waals surface area contributed by atoms with Crippen LogP contribution in [0.25, 0.3) is 0 Å². The summed E-state index contributed by atoms with van der Waals surface area (Å²) in [4.78, 5) is 11.6. The molecule has 5 nitrogen and oxygen atoms in total. The van der Waals surface area contributed by atoms with Crippen LogP contribution in [0.2, 0.25) is 0 Å². The number of hydrogen-bond donors (Lipinski definition) is 2. The van der Waals surface area contributed by atoms with Gasteiger partial charge in [0.1, 0.15) is 6.10 Å². The Kier molecular flexibility index (Phi) is 22.5. The predicted octanol–water partition coefficient (Wildman–Crippen LogP) is 10.3. The normalized spacial score (nSPS) is 21.7. The summed E-state index contributed by atoms with van der Waals surface area (Å²) in [5.74, 6) is -0.116. The number of hydrogen-bond acceptors (Lipinski definition) is 5. The van der Waals surface area contributed by atoms with Gasteiger partial charge >= 0.3 is 5.97 Å². The first-order chi connectivity index (χ1) is 21.0. The molecular formula is C38H70O5. The molecule has 0 amide bonds. The van der Waals surface area contributed by atoms with Gasteiger partial charge in [-0.3, -0.25) is 0 Å². The Balaban J connectivity index is 1.33. The summed E-state index contributed by atoms with van der Waals surface area (Å²) in [6, 6.07) is 0. The van der Waals surface area contributed by atoms with E-state index in [1.54, 1.807) is 0 Å². The van der Waals surface area contributed by atoms with E-state index in [1.807, 2.05) is 13.0 Å². The number of rotatable bonds is 29. The lowest BCUT2D eigenvalue weighted by Crippen LogP contribution is -2.31. The number of carbonyl (C=O) groups is 1. The third-order valence-corrected chi connectivity index (χ3v) is 9.73. The first-order valence-electron chi connectivity index (χ1n) is 18.9. The molecule has 1 saturated heterocycles. The van der Waals surface area contributed by atoms with Crippen molar-refractivity contribution < 1.29 is 24.5 Å². The van der Waals surface area contributed by atoms with E-state index in [1.165, 1.54) is 128 Å². The van der Waals surface area contributed by atoms with E-state index >= 15 is 0 Å². The van der Waals surface area contributed by atoms with Crippen molar-refractivity contribution in [3.8, 4) is 0 Å². The van der Waals surface area contributed by atoms with E-state index in [0.29, 0.717) is 0 Å². The highest BCUT2D eigenvalue weighted by Gasteiger charge is 2.34. The predicted molar refractivity (Wildman–Crippen MR) is 179 cm³/mol. The van der Waals surface area contributed by atoms with E-state index in [-0.39, 0.29) is 30.4 Å². The number of cyclic esters (lactones) is 1. The van der Waals surface area contributed by atoms with Gasteiger partial charge in [0.05, 0.1) is 24.4 Å². The first kappa shape index (κ1) is 38.3. The SMILES string of the molecule is CCCCCCCCCCCCCCC[C@@H](O)[C@H]1CC[C@H]([C@H](O)CCCCCCCCCCCCC2=C[C@@H](C)OC2=O)O1. The molecule has 5 heteroatoms. The molecule has 0 aromatic carbocycles. The van der Waals surface area contributed by atoms with Crippen LogP contribution in [0.1, 0.15) is 194 Å². The average molecular weight is 607 g/mol. The van der Waals surface area contributed by atoms with Crippen LogP contribution in [0.5, 0.6) is 0 Å². The Morgan fingerprint density at radius 2 is 1.00 bits per heavy atom. The molecule has 43 heavy (non-hydrogen) atoms. The van der Waals surface area contributed by atoms with Crippen molar-refractivity contribution in [2.75, 3.05) is 0 Å². The number of carbonyl (C=O) groups excluding carboxylic acids is 1. The van der Waals surface area contributed by atoms with Gasteiger partial charge in [-0.1, -0.05) is 148 Å². The van der Waals surface area contributed by atoms with Gasteiger partial charge in [0, 0.05) is 5.57 Å². The van der Waals surface area contributed by atoms with Gasteiger partial charge in [0.15, 0.2) is 0 Å². The highest BCUT2D eigenvalue weighted by Crippen LogP contribution is 2.28. The summed E-state index contributed by atoms with van der Waals surface area (Å²) in [5.41, 5.74) is 0.870. The standard InChI is InChI=1S/C38H70O5/c1-3-4-5-6-7-8-9-10-11-15-18-21-24-27-34(39)36-29-30-37(43-36)35(40)28-25-22-19-16-13-12-14-17-20-23-26-33-31-32(2)42-38(33)41/h31-32,34-37,39-40H,3-30H2,1-2H3/t32-,34-,35-,36-,37-/m1/s1. The molecule has 0 aromatic heterocycles. The highest BCUT2D eigenvalue weighted by molar-refractivity contribution is 5.90. The van der Waals surface area contributed by atoms with Crippen molar-refractivity contribution in [2.45, 2.75) is 224 Å². The first-order valence-corrected chi connectivity index (χ1v) is 18.9. The number of ether oxygens (including phenoxy) is 2. The molecule has 1 fully saturated rings. The smallest absolute Gasteiger partial charge is 0.334 e. The van der Waals surface area contributed by atoms with Crippen LogP contribution in [0.3, 0.4) is 0 Å². The van der Waals surface area contributed by atoms with Crippen LogP contribution >= 0.6 is 0 Å². The summed E-state index contributed by atoms with van der Waals surface area (Å²) in [5, 5.41) is 21.3. The van der Waals surface area contributed by atoms with Crippen molar-refractivity contribution in [1.29, 1.82) is 0 Å². The van der Waals surface area contributed by atoms with E-state index in [0.717, 1.165) is 56.9 Å². The van der Waals surface area contributed by atoms with Gasteiger partial charge in [-0.25, -0.2) is 4.79 Å². The van der Waals surface area contributed by atoms with Crippen molar-refractivity contribution in [1.82, 2.24) is 0 Å². The average Bonchev–Trinajstić information content (AvgIpc) is 3.62. The second-order valence-corrected chi connectivity index (χ2v) is 13.8. The fourth-order valence-electron chi connectivity index (χ4n) is 6.90. The number of unbranched alkanes of at least 4 members (excludes halogenated alkanes) is 21. The second-order valence-electron chi connectivity index (χ2n) is 13.8. The third kappa shape index (κ3) is 18.6. The summed E-state index contributed by atoms with van der Waals surface area (Å²) in [6.07, 6.45) is 34.9. The van der Waals surface area contributed by atoms with Crippen LogP contribution in [0.4, 0.5) is 0 Å². The zero-order valence-corrected chi connectivity index (χ0v) is 28.4. The van der Waals surface area contributed by atoms with Crippen LogP contribution < -0.4 is 0 Å². The number of aliphatic hydroxyl groups is 2. The van der Waals surface area contributed by atoms with E-state index in [4.69, 9.17) is 9.47 Å². The molecule has 252 valence electrons. The molecule has 2 aliphatic rings. The Bertz CT molecular complexity index is 706. The van der Waals surface area contributed by atoms with Gasteiger partial charge < -0.3 is 19.7 Å². The maximum atomic E-state index is 11.6. The van der Waals surface area contributed by atoms with Gasteiger partial charge in [-0.05, 0) is 51.5 Å². The largest absolute Gasteiger partial charge is 0.455 e. The summed E-state index contributed by atoms with van der Waals surface area (Å²) < 4.78 is 11.3. The van der Waals surface area contributed by atoms with Crippen LogP contribution in [0, 0.1) is 0 Å². The molecule has 0 aromatic rings. The van der Waals surface area contributed by atoms with Gasteiger partial charge in [-0.15, -0.1) is 0 Å². The maximum absolute atomic E-state index is 11.6. The van der Waals surface area contributed by atoms with Crippen molar-refractivity contribution in [3.63, 3.8) is 0 Å². The van der Waals surface area contributed by atoms with Crippen LogP contribution in [-0.4, -0.2) is 46.7 Å². The zero-order valence-electron chi connectivity index (χ0n) is 28.4. The molecule has 2 heterocycles. The topological polar surface area (TPSA) is 76.0 Å². The van der Waals surface area contributed by atoms with Gasteiger partial charge in [0.25, 0.3) is 0 Å². The second kappa shape index (κ2) is 25.3. The van der Waals surface area contributed by atoms with Crippen molar-refractivity contribution in [2.24, 2.45) is 0 Å². The Morgan fingerprint density at radius 1 is 0.628 bits per heavy atom. The summed E-state index contributed by atoms with van der Waals surface area (Å²) in [6.45, 7) is 4.20. The van der Waals surface area contributed by atoms with Gasteiger partial charge in [-0.2, -0.15) is 0 Å². The molecule has 5 atom stereocenters. The summed E-state index contributed by atoms with van der Waals surface area (Å²) >= 11 is 0. The van der Waals surface area contributed by atoms with Crippen LogP contribution in [0.15, 0.2) is 11.6 Å². The molecule has 2 N–H and O–H groups in total. The minimum Gasteiger partial charge on any atom is -0.455 e. The maximum Gasteiger partial charge on any atom is 0.334 e. The fourth-order valence-corrected chi connectivity index (χ4v) is 6.90. The molecule has 2 aliphatic heterocycles. The zero-order chi connectivity index (χ0) is 31.0. The Hall–Kier alpha value is -0.910. The van der Waals surface area contributed by atoms with Crippen LogP contribution in [-0.2, 0) is 14.3 Å². The molecule has 0 spiro atoms. The van der Waals surface area contributed by atoms with E-state index < -0.39 is 6.10 Å². The molecule has 0 unspecified atom stereocenters. The quantitative estimate of drug-likeness (QED) is 0.0654. The molecule has 0 bridgehead atoms. The number of aliphatic hydroxyl groups excluding tert-OH is 2. The van der Waals surface area contributed by atoms with E-state index in [2.05, 4.69) is 6.92 Å². The molecule has 2 rings (SSSR count). The van der Waals surface area contributed by atoms with Crippen molar-refractivity contribution >= 4 is 5.97 Å².